The van der Waals surface area contributed by atoms with Gasteiger partial charge in [-0.15, -0.1) is 0 Å². The number of phenolic OH excluding ortho intramolecular Hbond substituents is 1. The maximum absolute atomic E-state index is 11.2. The van der Waals surface area contributed by atoms with Crippen LogP contribution in [0.4, 0.5) is 5.69 Å². The summed E-state index contributed by atoms with van der Waals surface area (Å²) in [4.78, 5) is 13.2. The predicted molar refractivity (Wildman–Crippen MR) is 67.2 cm³/mol. The van der Waals surface area contributed by atoms with Crippen molar-refractivity contribution in [3.8, 4) is 5.75 Å². The molecule has 0 aromatic heterocycles. The molecule has 0 saturated carbocycles. The summed E-state index contributed by atoms with van der Waals surface area (Å²) in [6.45, 7) is 3.23. The summed E-state index contributed by atoms with van der Waals surface area (Å²) in [7, 11) is 0. The van der Waals surface area contributed by atoms with Crippen molar-refractivity contribution in [1.29, 1.82) is 0 Å². The molecule has 0 radical (unpaired) electrons. The van der Waals surface area contributed by atoms with Crippen molar-refractivity contribution >= 4 is 11.5 Å². The molecule has 0 amide bonds. The largest absolute Gasteiger partial charge is 0.507 e. The Labute approximate surface area is 106 Å². The second kappa shape index (κ2) is 5.37. The molecule has 1 aliphatic heterocycles. The van der Waals surface area contributed by atoms with E-state index < -0.39 is 0 Å². The van der Waals surface area contributed by atoms with E-state index in [1.54, 1.807) is 18.2 Å². The Hall–Kier alpha value is -1.59. The number of hydrogen-bond donors (Lipinski definition) is 2. The first kappa shape index (κ1) is 12.9. The number of nitrogens with zero attached hydrogens (tertiary/aromatic N) is 1. The van der Waals surface area contributed by atoms with Crippen LogP contribution in [-0.4, -0.2) is 48.4 Å². The number of aliphatic hydroxyl groups is 1. The Morgan fingerprint density at radius 1 is 1.56 bits per heavy atom. The first-order valence-electron chi connectivity index (χ1n) is 5.93. The van der Waals surface area contributed by atoms with Crippen molar-refractivity contribution in [2.24, 2.45) is 0 Å². The second-order valence-corrected chi connectivity index (χ2v) is 4.38. The molecule has 2 rings (SSSR count). The lowest BCUT2D eigenvalue weighted by Crippen LogP contribution is -2.44. The van der Waals surface area contributed by atoms with Gasteiger partial charge in [0.15, 0.2) is 5.78 Å². The van der Waals surface area contributed by atoms with Gasteiger partial charge in [0.05, 0.1) is 24.9 Å². The zero-order valence-corrected chi connectivity index (χ0v) is 10.3. The zero-order chi connectivity index (χ0) is 13.1. The molecule has 98 valence electrons. The van der Waals surface area contributed by atoms with Gasteiger partial charge >= 0.3 is 0 Å². The summed E-state index contributed by atoms with van der Waals surface area (Å²) in [5.41, 5.74) is 1.16. The van der Waals surface area contributed by atoms with Crippen LogP contribution in [0.15, 0.2) is 18.2 Å². The number of benzene rings is 1. The fourth-order valence-corrected chi connectivity index (χ4v) is 2.08. The lowest BCUT2D eigenvalue weighted by atomic mass is 10.1. The molecule has 1 unspecified atom stereocenters. The van der Waals surface area contributed by atoms with E-state index in [1.807, 2.05) is 4.90 Å². The molecule has 5 heteroatoms. The molecule has 0 bridgehead atoms. The standard InChI is InChI=1S/C13H17NO4/c1-9(16)12-3-2-10(6-13(12)17)14-4-5-18-11(7-14)8-15/h2-3,6,11,15,17H,4-5,7-8H2,1H3. The van der Waals surface area contributed by atoms with Gasteiger partial charge in [-0.05, 0) is 19.1 Å². The van der Waals surface area contributed by atoms with Crippen molar-refractivity contribution in [1.82, 2.24) is 0 Å². The summed E-state index contributed by atoms with van der Waals surface area (Å²) in [6.07, 6.45) is -0.201. The lowest BCUT2D eigenvalue weighted by molar-refractivity contribution is 0.00356. The van der Waals surface area contributed by atoms with E-state index in [0.29, 0.717) is 25.3 Å². The number of carbonyl (C=O) groups excluding carboxylic acids is 1. The minimum absolute atomic E-state index is 0.00737. The predicted octanol–water partition coefficient (Wildman–Crippen LogP) is 0.792. The summed E-state index contributed by atoms with van der Waals surface area (Å²) in [6, 6.07) is 5.00. The summed E-state index contributed by atoms with van der Waals surface area (Å²) in [5.74, 6) is -0.165. The van der Waals surface area contributed by atoms with E-state index in [4.69, 9.17) is 9.84 Å². The Morgan fingerprint density at radius 2 is 2.33 bits per heavy atom. The number of aliphatic hydroxyl groups excluding tert-OH is 1. The number of rotatable bonds is 3. The van der Waals surface area contributed by atoms with E-state index in [-0.39, 0.29) is 24.2 Å². The van der Waals surface area contributed by atoms with Gasteiger partial charge < -0.3 is 19.8 Å². The van der Waals surface area contributed by atoms with E-state index in [2.05, 4.69) is 0 Å². The summed E-state index contributed by atoms with van der Waals surface area (Å²) in [5, 5.41) is 18.9. The van der Waals surface area contributed by atoms with Gasteiger partial charge in [0.1, 0.15) is 5.75 Å². The molecular formula is C13H17NO4. The van der Waals surface area contributed by atoms with Crippen LogP contribution < -0.4 is 4.90 Å². The van der Waals surface area contributed by atoms with Crippen LogP contribution in [0.25, 0.3) is 0 Å². The highest BCUT2D eigenvalue weighted by molar-refractivity contribution is 5.97. The third-order valence-electron chi connectivity index (χ3n) is 3.07. The van der Waals surface area contributed by atoms with Gasteiger partial charge in [0, 0.05) is 24.8 Å². The van der Waals surface area contributed by atoms with Crippen molar-refractivity contribution in [3.63, 3.8) is 0 Å². The number of morpholine rings is 1. The quantitative estimate of drug-likeness (QED) is 0.777. The number of ether oxygens (including phenoxy) is 1. The molecule has 1 aromatic carbocycles. The Kier molecular flexibility index (Phi) is 3.84. The maximum atomic E-state index is 11.2. The van der Waals surface area contributed by atoms with Crippen LogP contribution in [0.5, 0.6) is 5.75 Å². The maximum Gasteiger partial charge on any atom is 0.163 e. The number of ketones is 1. The fourth-order valence-electron chi connectivity index (χ4n) is 2.08. The van der Waals surface area contributed by atoms with E-state index in [0.717, 1.165) is 5.69 Å². The van der Waals surface area contributed by atoms with E-state index in [9.17, 15) is 9.90 Å². The van der Waals surface area contributed by atoms with Gasteiger partial charge in [-0.1, -0.05) is 0 Å². The average Bonchev–Trinajstić information content (AvgIpc) is 2.38. The number of carbonyl (C=O) groups is 1. The van der Waals surface area contributed by atoms with Gasteiger partial charge in [-0.25, -0.2) is 0 Å². The third kappa shape index (κ3) is 2.63. The lowest BCUT2D eigenvalue weighted by Gasteiger charge is -2.33. The number of hydrogen-bond acceptors (Lipinski definition) is 5. The minimum Gasteiger partial charge on any atom is -0.507 e. The van der Waals surface area contributed by atoms with Crippen LogP contribution >= 0.6 is 0 Å². The van der Waals surface area contributed by atoms with Crippen molar-refractivity contribution in [2.45, 2.75) is 13.0 Å². The highest BCUT2D eigenvalue weighted by Gasteiger charge is 2.20. The SMILES string of the molecule is CC(=O)c1ccc(N2CCOC(CO)C2)cc1O. The van der Waals surface area contributed by atoms with Crippen LogP contribution in [-0.2, 0) is 4.74 Å². The van der Waals surface area contributed by atoms with Gasteiger partial charge in [-0.3, -0.25) is 4.79 Å². The first-order chi connectivity index (χ1) is 8.61. The molecule has 2 N–H and O–H groups in total. The van der Waals surface area contributed by atoms with Gasteiger partial charge in [0.25, 0.3) is 0 Å². The van der Waals surface area contributed by atoms with Crippen LogP contribution in [0.1, 0.15) is 17.3 Å². The molecule has 1 atom stereocenters. The topological polar surface area (TPSA) is 70.0 Å². The van der Waals surface area contributed by atoms with Crippen molar-refractivity contribution in [2.75, 3.05) is 31.2 Å². The van der Waals surface area contributed by atoms with Gasteiger partial charge in [-0.2, -0.15) is 0 Å². The van der Waals surface area contributed by atoms with Crippen LogP contribution in [0.2, 0.25) is 0 Å². The number of aromatic hydroxyl groups is 1. The normalized spacial score (nSPS) is 19.9. The number of anilines is 1. The number of Topliss-reactive ketones (excluding diaryl/α,β-unsaturated/α-hetero) is 1. The Morgan fingerprint density at radius 3 is 2.94 bits per heavy atom. The molecule has 1 saturated heterocycles. The Balaban J connectivity index is 2.18. The van der Waals surface area contributed by atoms with Crippen LogP contribution in [0.3, 0.4) is 0 Å². The molecule has 1 aliphatic rings. The molecule has 5 nitrogen and oxygen atoms in total. The number of phenols is 1. The van der Waals surface area contributed by atoms with Crippen molar-refractivity contribution < 1.29 is 19.7 Å². The molecule has 18 heavy (non-hydrogen) atoms. The van der Waals surface area contributed by atoms with Crippen LogP contribution in [0, 0.1) is 0 Å². The highest BCUT2D eigenvalue weighted by Crippen LogP contribution is 2.26. The summed E-state index contributed by atoms with van der Waals surface area (Å²) < 4.78 is 5.36. The molecule has 0 spiro atoms. The molecule has 0 aliphatic carbocycles. The zero-order valence-electron chi connectivity index (χ0n) is 10.3. The monoisotopic (exact) mass is 251 g/mol. The van der Waals surface area contributed by atoms with E-state index >= 15 is 0 Å². The highest BCUT2D eigenvalue weighted by atomic mass is 16.5. The third-order valence-corrected chi connectivity index (χ3v) is 3.07. The van der Waals surface area contributed by atoms with Crippen molar-refractivity contribution in [3.05, 3.63) is 23.8 Å². The molecule has 1 aromatic rings. The molecule has 1 heterocycles. The molecular weight excluding hydrogens is 234 g/mol. The van der Waals surface area contributed by atoms with Gasteiger partial charge in [0.2, 0.25) is 0 Å². The summed E-state index contributed by atoms with van der Waals surface area (Å²) >= 11 is 0. The Bertz CT molecular complexity index is 447. The second-order valence-electron chi connectivity index (χ2n) is 4.38. The minimum atomic E-state index is -0.201. The smallest absolute Gasteiger partial charge is 0.163 e. The first-order valence-corrected chi connectivity index (χ1v) is 5.93. The van der Waals surface area contributed by atoms with E-state index in [1.165, 1.54) is 6.92 Å². The molecule has 1 fully saturated rings. The fraction of sp³-hybridized carbons (Fsp3) is 0.462. The average molecular weight is 251 g/mol.